The number of hydrogen-bond acceptors (Lipinski definition) is 5. The quantitative estimate of drug-likeness (QED) is 0.468. The number of rotatable bonds is 7. The Hall–Kier alpha value is -2.66. The summed E-state index contributed by atoms with van der Waals surface area (Å²) in [5.74, 6) is 0.334. The molecule has 1 atom stereocenters. The molecule has 0 radical (unpaired) electrons. The van der Waals surface area contributed by atoms with Crippen molar-refractivity contribution in [3.05, 3.63) is 18.5 Å². The van der Waals surface area contributed by atoms with Crippen molar-refractivity contribution in [3.63, 3.8) is 0 Å². The van der Waals surface area contributed by atoms with Crippen molar-refractivity contribution in [2.75, 3.05) is 25.0 Å². The van der Waals surface area contributed by atoms with Crippen molar-refractivity contribution in [3.8, 4) is 0 Å². The standard InChI is InChI=1S/C18H28N6O4Si/c1-29(2,3)9-8-28-12-24-7-5-14-16(24)19-10-15(21-14)22-17(25)20-13-4-6-23(11-13)18(26)27/h5,7,10,13H,4,6,8-9,11-12H2,1-3H3,(H,26,27)(H2,20,21,22,25)/t13-/m1/s1. The number of nitrogens with zero attached hydrogens (tertiary/aromatic N) is 4. The second-order valence-electron chi connectivity index (χ2n) is 8.41. The highest BCUT2D eigenvalue weighted by Gasteiger charge is 2.27. The number of fused-ring (bicyclic) bond motifs is 1. The van der Waals surface area contributed by atoms with Crippen LogP contribution in [0, 0.1) is 0 Å². The zero-order chi connectivity index (χ0) is 21.0. The van der Waals surface area contributed by atoms with Crippen LogP contribution in [0.2, 0.25) is 25.7 Å². The number of hydrogen-bond donors (Lipinski definition) is 3. The number of nitrogens with one attached hydrogen (secondary N) is 2. The van der Waals surface area contributed by atoms with E-state index in [-0.39, 0.29) is 12.6 Å². The van der Waals surface area contributed by atoms with Gasteiger partial charge in [-0.1, -0.05) is 19.6 Å². The first-order chi connectivity index (χ1) is 13.7. The first kappa shape index (κ1) is 21.1. The van der Waals surface area contributed by atoms with Crippen LogP contribution >= 0.6 is 0 Å². The van der Waals surface area contributed by atoms with Gasteiger partial charge in [-0.25, -0.2) is 19.6 Å². The molecule has 1 fully saturated rings. The van der Waals surface area contributed by atoms with Gasteiger partial charge >= 0.3 is 12.1 Å². The lowest BCUT2D eigenvalue weighted by molar-refractivity contribution is 0.0899. The predicted octanol–water partition coefficient (Wildman–Crippen LogP) is 2.62. The van der Waals surface area contributed by atoms with Crippen LogP contribution < -0.4 is 10.6 Å². The third-order valence-corrected chi connectivity index (χ3v) is 6.43. The van der Waals surface area contributed by atoms with E-state index in [1.54, 1.807) is 0 Å². The van der Waals surface area contributed by atoms with Gasteiger partial charge < -0.3 is 24.6 Å². The van der Waals surface area contributed by atoms with E-state index in [1.807, 2.05) is 16.8 Å². The maximum atomic E-state index is 12.2. The molecule has 10 nitrogen and oxygen atoms in total. The Balaban J connectivity index is 1.52. The van der Waals surface area contributed by atoms with E-state index < -0.39 is 20.2 Å². The molecule has 1 aliphatic heterocycles. The van der Waals surface area contributed by atoms with Crippen LogP contribution in [0.15, 0.2) is 18.5 Å². The molecule has 158 valence electrons. The summed E-state index contributed by atoms with van der Waals surface area (Å²) in [4.78, 5) is 33.2. The second-order valence-corrected chi connectivity index (χ2v) is 14.0. The van der Waals surface area contributed by atoms with Gasteiger partial charge in [-0.05, 0) is 18.5 Å². The summed E-state index contributed by atoms with van der Waals surface area (Å²) in [5.41, 5.74) is 1.35. The summed E-state index contributed by atoms with van der Waals surface area (Å²) in [5, 5.41) is 14.4. The minimum Gasteiger partial charge on any atom is -0.465 e. The maximum absolute atomic E-state index is 12.2. The summed E-state index contributed by atoms with van der Waals surface area (Å²) >= 11 is 0. The molecule has 0 bridgehead atoms. The highest BCUT2D eigenvalue weighted by Crippen LogP contribution is 2.15. The third kappa shape index (κ3) is 5.91. The van der Waals surface area contributed by atoms with Gasteiger partial charge in [-0.2, -0.15) is 0 Å². The lowest BCUT2D eigenvalue weighted by Crippen LogP contribution is -2.40. The Bertz CT molecular complexity index is 881. The number of amides is 3. The fourth-order valence-corrected chi connectivity index (χ4v) is 3.81. The largest absolute Gasteiger partial charge is 0.465 e. The summed E-state index contributed by atoms with van der Waals surface area (Å²) in [6.07, 6.45) is 2.98. The Labute approximate surface area is 170 Å². The molecule has 0 saturated carbocycles. The monoisotopic (exact) mass is 420 g/mol. The van der Waals surface area contributed by atoms with Crippen LogP contribution in [0.1, 0.15) is 6.42 Å². The molecule has 3 N–H and O–H groups in total. The van der Waals surface area contributed by atoms with Crippen molar-refractivity contribution < 1.29 is 19.4 Å². The van der Waals surface area contributed by atoms with Gasteiger partial charge in [0.25, 0.3) is 0 Å². The molecule has 0 aromatic carbocycles. The van der Waals surface area contributed by atoms with Gasteiger partial charge in [-0.15, -0.1) is 0 Å². The number of anilines is 1. The van der Waals surface area contributed by atoms with Gasteiger partial charge in [0.2, 0.25) is 0 Å². The minimum atomic E-state index is -1.12. The number of likely N-dealkylation sites (tertiary alicyclic amines) is 1. The molecular weight excluding hydrogens is 392 g/mol. The van der Waals surface area contributed by atoms with Crippen LogP contribution in [0.5, 0.6) is 0 Å². The first-order valence-corrected chi connectivity index (χ1v) is 13.4. The van der Waals surface area contributed by atoms with Gasteiger partial charge in [0.15, 0.2) is 11.5 Å². The number of ether oxygens (including phenoxy) is 1. The van der Waals surface area contributed by atoms with Crippen LogP contribution in [0.3, 0.4) is 0 Å². The molecule has 1 aliphatic rings. The van der Waals surface area contributed by atoms with E-state index in [4.69, 9.17) is 9.84 Å². The van der Waals surface area contributed by atoms with Crippen molar-refractivity contribution >= 4 is 37.2 Å². The normalized spacial score (nSPS) is 16.9. The highest BCUT2D eigenvalue weighted by atomic mass is 28.3. The zero-order valence-corrected chi connectivity index (χ0v) is 18.0. The highest BCUT2D eigenvalue weighted by molar-refractivity contribution is 6.76. The van der Waals surface area contributed by atoms with Crippen LogP contribution in [0.4, 0.5) is 15.4 Å². The van der Waals surface area contributed by atoms with Crippen molar-refractivity contribution in [1.82, 2.24) is 24.8 Å². The molecule has 3 amide bonds. The number of urea groups is 1. The van der Waals surface area contributed by atoms with Crippen molar-refractivity contribution in [2.24, 2.45) is 0 Å². The van der Waals surface area contributed by atoms with E-state index in [0.717, 1.165) is 12.7 Å². The summed E-state index contributed by atoms with van der Waals surface area (Å²) < 4.78 is 7.65. The topological polar surface area (TPSA) is 122 Å². The summed E-state index contributed by atoms with van der Waals surface area (Å²) in [7, 11) is -1.12. The van der Waals surface area contributed by atoms with E-state index in [2.05, 4.69) is 40.2 Å². The van der Waals surface area contributed by atoms with Crippen molar-refractivity contribution in [1.29, 1.82) is 0 Å². The predicted molar refractivity (Wildman–Crippen MR) is 112 cm³/mol. The molecule has 1 saturated heterocycles. The maximum Gasteiger partial charge on any atom is 0.407 e. The molecular formula is C18H28N6O4Si. The van der Waals surface area contributed by atoms with Gasteiger partial charge in [0, 0.05) is 40.0 Å². The van der Waals surface area contributed by atoms with E-state index in [0.29, 0.717) is 36.7 Å². The Morgan fingerprint density at radius 1 is 1.38 bits per heavy atom. The average Bonchev–Trinajstić information content (AvgIpc) is 3.25. The SMILES string of the molecule is C[Si](C)(C)CCOCn1ccc2nc(NC(=O)N[C@@H]3CCN(C(=O)O)C3)cnc21. The minimum absolute atomic E-state index is 0.211. The third-order valence-electron chi connectivity index (χ3n) is 4.73. The molecule has 11 heteroatoms. The van der Waals surface area contributed by atoms with E-state index >= 15 is 0 Å². The number of carbonyl (C=O) groups excluding carboxylic acids is 1. The first-order valence-electron chi connectivity index (χ1n) is 9.66. The van der Waals surface area contributed by atoms with Crippen molar-refractivity contribution in [2.45, 2.75) is 44.9 Å². The Kier molecular flexibility index (Phi) is 6.38. The Morgan fingerprint density at radius 3 is 2.86 bits per heavy atom. The van der Waals surface area contributed by atoms with Crippen LogP contribution in [-0.2, 0) is 11.5 Å². The number of carbonyl (C=O) groups is 2. The van der Waals surface area contributed by atoms with E-state index in [9.17, 15) is 9.59 Å². The molecule has 3 heterocycles. The molecule has 0 spiro atoms. The number of aromatic nitrogens is 3. The lowest BCUT2D eigenvalue weighted by Gasteiger charge is -2.15. The Morgan fingerprint density at radius 2 is 2.17 bits per heavy atom. The second kappa shape index (κ2) is 8.78. The molecule has 0 unspecified atom stereocenters. The van der Waals surface area contributed by atoms with Gasteiger partial charge in [0.05, 0.1) is 6.20 Å². The fraction of sp³-hybridized carbons (Fsp3) is 0.556. The molecule has 0 aliphatic carbocycles. The summed E-state index contributed by atoms with van der Waals surface area (Å²) in [6.45, 7) is 8.78. The van der Waals surface area contributed by atoms with Gasteiger partial charge in [-0.3, -0.25) is 5.32 Å². The van der Waals surface area contributed by atoms with Crippen LogP contribution in [-0.4, -0.2) is 70.5 Å². The van der Waals surface area contributed by atoms with E-state index in [1.165, 1.54) is 11.1 Å². The molecule has 29 heavy (non-hydrogen) atoms. The van der Waals surface area contributed by atoms with Crippen LogP contribution in [0.25, 0.3) is 11.2 Å². The molecule has 3 rings (SSSR count). The zero-order valence-electron chi connectivity index (χ0n) is 17.0. The molecule has 2 aromatic rings. The molecule has 2 aromatic heterocycles. The van der Waals surface area contributed by atoms with Gasteiger partial charge in [0.1, 0.15) is 12.2 Å². The fourth-order valence-electron chi connectivity index (χ4n) is 3.06. The number of carboxylic acid groups (broad SMARTS) is 1. The smallest absolute Gasteiger partial charge is 0.407 e. The lowest BCUT2D eigenvalue weighted by atomic mass is 10.3. The summed E-state index contributed by atoms with van der Waals surface area (Å²) in [6, 6.07) is 2.29. The average molecular weight is 421 g/mol.